The molecule has 2 aliphatic rings. The molecule has 0 unspecified atom stereocenters. The van der Waals surface area contributed by atoms with Gasteiger partial charge >= 0.3 is 5.97 Å². The van der Waals surface area contributed by atoms with E-state index in [9.17, 15) is 4.79 Å². The van der Waals surface area contributed by atoms with Crippen LogP contribution < -0.4 is 5.32 Å². The number of carbonyl (C=O) groups is 1. The van der Waals surface area contributed by atoms with Crippen molar-refractivity contribution in [2.45, 2.75) is 63.4 Å². The molecule has 5 atom stereocenters. The molecule has 7 nitrogen and oxygen atoms in total. The van der Waals surface area contributed by atoms with Gasteiger partial charge in [0.15, 0.2) is 12.1 Å². The third-order valence-electron chi connectivity index (χ3n) is 5.45. The van der Waals surface area contributed by atoms with Crippen molar-refractivity contribution in [3.05, 3.63) is 71.8 Å². The number of ether oxygens (including phenoxy) is 5. The topological polar surface area (TPSA) is 75.3 Å². The van der Waals surface area contributed by atoms with Gasteiger partial charge in [0, 0.05) is 13.7 Å². The number of esters is 1. The number of hydrogen-bond donors (Lipinski definition) is 1. The molecular formula is C24H29NO6. The van der Waals surface area contributed by atoms with Crippen molar-refractivity contribution in [3.63, 3.8) is 0 Å². The molecule has 166 valence electrons. The summed E-state index contributed by atoms with van der Waals surface area (Å²) >= 11 is 0. The molecule has 0 radical (unpaired) electrons. The summed E-state index contributed by atoms with van der Waals surface area (Å²) in [7, 11) is 1.55. The highest BCUT2D eigenvalue weighted by Gasteiger charge is 2.58. The molecule has 4 rings (SSSR count). The van der Waals surface area contributed by atoms with Gasteiger partial charge in [-0.3, -0.25) is 10.1 Å². The van der Waals surface area contributed by atoms with E-state index in [0.717, 1.165) is 11.1 Å². The van der Waals surface area contributed by atoms with E-state index in [2.05, 4.69) is 5.32 Å². The molecule has 2 saturated heterocycles. The second-order valence-corrected chi connectivity index (χ2v) is 8.21. The van der Waals surface area contributed by atoms with Crippen LogP contribution in [0.25, 0.3) is 0 Å². The molecule has 0 spiro atoms. The Morgan fingerprint density at radius 2 is 1.61 bits per heavy atom. The highest BCUT2D eigenvalue weighted by molar-refractivity contribution is 5.77. The average molecular weight is 427 g/mol. The van der Waals surface area contributed by atoms with Crippen LogP contribution in [0, 0.1) is 0 Å². The molecule has 0 saturated carbocycles. The summed E-state index contributed by atoms with van der Waals surface area (Å²) in [6.07, 6.45) is -2.13. The maximum absolute atomic E-state index is 13.2. The predicted molar refractivity (Wildman–Crippen MR) is 113 cm³/mol. The molecule has 7 heteroatoms. The number of carbonyl (C=O) groups excluding carboxylic acids is 1. The Hall–Kier alpha value is -2.29. The molecule has 0 amide bonds. The lowest BCUT2D eigenvalue weighted by Crippen LogP contribution is -2.51. The fraction of sp³-hybridized carbons (Fsp3) is 0.458. The highest BCUT2D eigenvalue weighted by atomic mass is 16.8. The van der Waals surface area contributed by atoms with Crippen LogP contribution in [0.1, 0.15) is 25.0 Å². The first-order valence-electron chi connectivity index (χ1n) is 10.5. The summed E-state index contributed by atoms with van der Waals surface area (Å²) < 4.78 is 29.2. The normalized spacial score (nSPS) is 27.6. The lowest BCUT2D eigenvalue weighted by Gasteiger charge is -2.28. The quantitative estimate of drug-likeness (QED) is 0.650. The largest absolute Gasteiger partial charge is 0.460 e. The lowest BCUT2D eigenvalue weighted by atomic mass is 10.0. The van der Waals surface area contributed by atoms with Crippen LogP contribution in [0.2, 0.25) is 0 Å². The summed E-state index contributed by atoms with van der Waals surface area (Å²) in [5.74, 6) is -1.19. The highest BCUT2D eigenvalue weighted by Crippen LogP contribution is 2.40. The van der Waals surface area contributed by atoms with E-state index in [0.29, 0.717) is 6.54 Å². The fourth-order valence-electron chi connectivity index (χ4n) is 4.03. The second-order valence-electron chi connectivity index (χ2n) is 8.21. The zero-order chi connectivity index (χ0) is 21.8. The summed E-state index contributed by atoms with van der Waals surface area (Å²) in [6.45, 7) is 4.34. The van der Waals surface area contributed by atoms with Gasteiger partial charge in [-0.25, -0.2) is 0 Å². The molecule has 31 heavy (non-hydrogen) atoms. The van der Waals surface area contributed by atoms with Gasteiger partial charge in [-0.15, -0.1) is 0 Å². The van der Waals surface area contributed by atoms with E-state index in [4.69, 9.17) is 23.7 Å². The molecule has 0 aliphatic carbocycles. The second kappa shape index (κ2) is 9.46. The maximum Gasteiger partial charge on any atom is 0.326 e. The minimum absolute atomic E-state index is 0.181. The average Bonchev–Trinajstić information content (AvgIpc) is 3.27. The molecule has 2 fully saturated rings. The molecule has 2 aromatic rings. The zero-order valence-electron chi connectivity index (χ0n) is 18.0. The Morgan fingerprint density at radius 3 is 2.26 bits per heavy atom. The minimum Gasteiger partial charge on any atom is -0.460 e. The number of methoxy groups -OCH3 is 1. The van der Waals surface area contributed by atoms with Crippen molar-refractivity contribution in [1.29, 1.82) is 0 Å². The van der Waals surface area contributed by atoms with Gasteiger partial charge < -0.3 is 23.7 Å². The van der Waals surface area contributed by atoms with Crippen LogP contribution in [0.3, 0.4) is 0 Å². The monoisotopic (exact) mass is 427 g/mol. The third kappa shape index (κ3) is 5.14. The number of hydrogen-bond acceptors (Lipinski definition) is 7. The predicted octanol–water partition coefficient (Wildman–Crippen LogP) is 2.78. The van der Waals surface area contributed by atoms with Crippen LogP contribution in [-0.2, 0) is 41.6 Å². The summed E-state index contributed by atoms with van der Waals surface area (Å²) in [4.78, 5) is 13.2. The van der Waals surface area contributed by atoms with Crippen molar-refractivity contribution in [1.82, 2.24) is 5.32 Å². The van der Waals surface area contributed by atoms with E-state index >= 15 is 0 Å². The van der Waals surface area contributed by atoms with Crippen molar-refractivity contribution < 1.29 is 28.5 Å². The number of benzene rings is 2. The smallest absolute Gasteiger partial charge is 0.326 e. The van der Waals surface area contributed by atoms with Gasteiger partial charge in [0.05, 0.1) is 0 Å². The fourth-order valence-corrected chi connectivity index (χ4v) is 4.03. The molecule has 2 heterocycles. The Kier molecular flexibility index (Phi) is 6.69. The van der Waals surface area contributed by atoms with Crippen molar-refractivity contribution >= 4 is 5.97 Å². The van der Waals surface area contributed by atoms with E-state index in [-0.39, 0.29) is 6.61 Å². The summed E-state index contributed by atoms with van der Waals surface area (Å²) in [6, 6.07) is 18.7. The van der Waals surface area contributed by atoms with E-state index < -0.39 is 42.4 Å². The molecular weight excluding hydrogens is 398 g/mol. The number of rotatable bonds is 8. The molecule has 0 aromatic heterocycles. The molecule has 0 bridgehead atoms. The zero-order valence-corrected chi connectivity index (χ0v) is 18.0. The van der Waals surface area contributed by atoms with Crippen molar-refractivity contribution in [2.24, 2.45) is 0 Å². The van der Waals surface area contributed by atoms with Gasteiger partial charge in [-0.2, -0.15) is 0 Å². The van der Waals surface area contributed by atoms with Crippen molar-refractivity contribution in [2.75, 3.05) is 7.11 Å². The minimum atomic E-state index is -0.786. The number of nitrogens with one attached hydrogen (secondary N) is 1. The van der Waals surface area contributed by atoms with Crippen LogP contribution >= 0.6 is 0 Å². The third-order valence-corrected chi connectivity index (χ3v) is 5.45. The Bertz CT molecular complexity index is 859. The van der Waals surface area contributed by atoms with E-state index in [1.165, 1.54) is 0 Å². The first-order valence-corrected chi connectivity index (χ1v) is 10.5. The van der Waals surface area contributed by atoms with Crippen LogP contribution in [-0.4, -0.2) is 49.5 Å². The van der Waals surface area contributed by atoms with E-state index in [1.54, 1.807) is 7.11 Å². The SMILES string of the molecule is CO[C@@H]1O[C@H]([C@@H](NCc2ccccc2)C(=O)OCc2ccccc2)[C@H]2OC(C)(C)O[C@@H]12. The van der Waals surface area contributed by atoms with Crippen LogP contribution in [0.4, 0.5) is 0 Å². The van der Waals surface area contributed by atoms with Crippen molar-refractivity contribution in [3.8, 4) is 0 Å². The standard InChI is InChI=1S/C24H29NO6/c1-24(2)30-20-19(29-23(27-3)21(20)31-24)18(25-14-16-10-6-4-7-11-16)22(26)28-15-17-12-8-5-9-13-17/h4-13,18-21,23,25H,14-15H2,1-3H3/t18-,19-,20-,21-,23-/m1/s1. The first kappa shape index (κ1) is 21.9. The van der Waals surface area contributed by atoms with Gasteiger partial charge in [-0.1, -0.05) is 60.7 Å². The Morgan fingerprint density at radius 1 is 1.00 bits per heavy atom. The molecule has 1 N–H and O–H groups in total. The van der Waals surface area contributed by atoms with Gasteiger partial charge in [0.2, 0.25) is 0 Å². The maximum atomic E-state index is 13.2. The van der Waals surface area contributed by atoms with Crippen LogP contribution in [0.5, 0.6) is 0 Å². The lowest BCUT2D eigenvalue weighted by molar-refractivity contribution is -0.231. The Balaban J connectivity index is 1.51. The van der Waals surface area contributed by atoms with Gasteiger partial charge in [0.1, 0.15) is 31.0 Å². The van der Waals surface area contributed by atoms with Gasteiger partial charge in [-0.05, 0) is 25.0 Å². The summed E-state index contributed by atoms with van der Waals surface area (Å²) in [5.41, 5.74) is 1.96. The van der Waals surface area contributed by atoms with E-state index in [1.807, 2.05) is 74.5 Å². The number of fused-ring (bicyclic) bond motifs is 1. The molecule has 2 aromatic carbocycles. The Labute approximate surface area is 182 Å². The van der Waals surface area contributed by atoms with Crippen LogP contribution in [0.15, 0.2) is 60.7 Å². The first-order chi connectivity index (χ1) is 15.0. The van der Waals surface area contributed by atoms with Gasteiger partial charge in [0.25, 0.3) is 0 Å². The summed E-state index contributed by atoms with van der Waals surface area (Å²) in [5, 5.41) is 3.31. The molecule has 2 aliphatic heterocycles.